The molecular formula is C25H26FN3O4S. The van der Waals surface area contributed by atoms with Crippen molar-refractivity contribution in [2.45, 2.75) is 37.6 Å². The van der Waals surface area contributed by atoms with Crippen LogP contribution in [0, 0.1) is 11.7 Å². The van der Waals surface area contributed by atoms with Crippen LogP contribution in [0.2, 0.25) is 0 Å². The van der Waals surface area contributed by atoms with Gasteiger partial charge in [0.2, 0.25) is 0 Å². The van der Waals surface area contributed by atoms with Crippen LogP contribution in [0.25, 0.3) is 11.3 Å². The summed E-state index contributed by atoms with van der Waals surface area (Å²) in [6, 6.07) is 14.2. The zero-order chi connectivity index (χ0) is 24.7. The molecule has 1 atom stereocenters. The number of rotatable bonds is 5. The van der Waals surface area contributed by atoms with Gasteiger partial charge in [-0.3, -0.25) is 4.79 Å². The molecule has 1 saturated heterocycles. The Morgan fingerprint density at radius 3 is 2.47 bits per heavy atom. The molecule has 2 aromatic carbocycles. The number of amides is 1. The number of anilines is 1. The molecule has 2 heterocycles. The molecule has 7 nitrogen and oxygen atoms in total. The maximum Gasteiger partial charge on any atom is 0.268 e. The second-order valence-corrected chi connectivity index (χ2v) is 10.7. The molecule has 34 heavy (non-hydrogen) atoms. The lowest BCUT2D eigenvalue weighted by atomic mass is 9.90. The zero-order valence-corrected chi connectivity index (χ0v) is 19.9. The zero-order valence-electron chi connectivity index (χ0n) is 19.1. The van der Waals surface area contributed by atoms with E-state index in [0.29, 0.717) is 29.5 Å². The summed E-state index contributed by atoms with van der Waals surface area (Å²) in [5.41, 5.74) is 0.421. The van der Waals surface area contributed by atoms with E-state index in [1.165, 1.54) is 36.4 Å². The van der Waals surface area contributed by atoms with Crippen LogP contribution in [-0.2, 0) is 10.0 Å². The van der Waals surface area contributed by atoms with E-state index in [-0.39, 0.29) is 21.7 Å². The Morgan fingerprint density at radius 2 is 1.85 bits per heavy atom. The molecule has 1 unspecified atom stereocenters. The van der Waals surface area contributed by atoms with Crippen molar-refractivity contribution in [2.24, 2.45) is 5.92 Å². The van der Waals surface area contributed by atoms with Crippen molar-refractivity contribution in [3.05, 3.63) is 72.0 Å². The SMILES string of the molecule is CC1CCN(c2nc(-c3cc(O)cc(F)c3)ccc2C(=O)NS(=O)(=O)c2ccccc2)C1(C)C. The number of aromatic nitrogens is 1. The molecule has 1 fully saturated rings. The molecule has 1 aromatic heterocycles. The van der Waals surface area contributed by atoms with E-state index in [2.05, 4.69) is 16.6 Å². The fourth-order valence-electron chi connectivity index (χ4n) is 4.16. The minimum atomic E-state index is -4.09. The number of phenols is 1. The molecule has 178 valence electrons. The number of carbonyl (C=O) groups is 1. The lowest BCUT2D eigenvalue weighted by molar-refractivity contribution is 0.0981. The highest BCUT2D eigenvalue weighted by Gasteiger charge is 2.41. The van der Waals surface area contributed by atoms with Crippen molar-refractivity contribution in [1.29, 1.82) is 0 Å². The van der Waals surface area contributed by atoms with E-state index >= 15 is 0 Å². The summed E-state index contributed by atoms with van der Waals surface area (Å²) in [6.45, 7) is 6.80. The van der Waals surface area contributed by atoms with Crippen molar-refractivity contribution < 1.29 is 22.7 Å². The number of hydrogen-bond acceptors (Lipinski definition) is 6. The Kier molecular flexibility index (Phi) is 6.07. The number of sulfonamides is 1. The van der Waals surface area contributed by atoms with Crippen LogP contribution in [0.5, 0.6) is 5.75 Å². The number of aromatic hydroxyl groups is 1. The minimum absolute atomic E-state index is 0.0279. The minimum Gasteiger partial charge on any atom is -0.508 e. The van der Waals surface area contributed by atoms with Crippen molar-refractivity contribution in [2.75, 3.05) is 11.4 Å². The second-order valence-electron chi connectivity index (χ2n) is 9.01. The molecule has 3 aromatic rings. The van der Waals surface area contributed by atoms with Crippen LogP contribution in [0.1, 0.15) is 37.6 Å². The third-order valence-electron chi connectivity index (χ3n) is 6.52. The van der Waals surface area contributed by atoms with Crippen LogP contribution in [0.3, 0.4) is 0 Å². The fourth-order valence-corrected chi connectivity index (χ4v) is 5.15. The number of nitrogens with zero attached hydrogens (tertiary/aromatic N) is 2. The lowest BCUT2D eigenvalue weighted by Crippen LogP contribution is -2.43. The van der Waals surface area contributed by atoms with Gasteiger partial charge in [0.25, 0.3) is 15.9 Å². The first-order valence-corrected chi connectivity index (χ1v) is 12.4. The third-order valence-corrected chi connectivity index (χ3v) is 7.87. The molecule has 0 saturated carbocycles. The van der Waals surface area contributed by atoms with Crippen LogP contribution in [0.4, 0.5) is 10.2 Å². The number of pyridine rings is 1. The smallest absolute Gasteiger partial charge is 0.268 e. The monoisotopic (exact) mass is 483 g/mol. The number of nitrogens with one attached hydrogen (secondary N) is 1. The van der Waals surface area contributed by atoms with Gasteiger partial charge in [-0.2, -0.15) is 0 Å². The molecule has 0 aliphatic carbocycles. The van der Waals surface area contributed by atoms with E-state index in [4.69, 9.17) is 0 Å². The van der Waals surface area contributed by atoms with Crippen molar-refractivity contribution in [3.8, 4) is 17.0 Å². The first-order chi connectivity index (χ1) is 16.0. The molecule has 0 spiro atoms. The standard InChI is InChI=1S/C25H26FN3O4S/c1-16-11-12-29(25(16,2)3)23-21(24(31)28-34(32,33)20-7-5-4-6-8-20)9-10-22(27-23)17-13-18(26)15-19(30)14-17/h4-10,13-16,30H,11-12H2,1-3H3,(H,28,31). The summed E-state index contributed by atoms with van der Waals surface area (Å²) in [5, 5.41) is 9.82. The molecule has 1 aliphatic heterocycles. The first kappa shape index (κ1) is 23.7. The van der Waals surface area contributed by atoms with E-state index < -0.39 is 21.7 Å². The van der Waals surface area contributed by atoms with E-state index in [1.54, 1.807) is 18.2 Å². The quantitative estimate of drug-likeness (QED) is 0.560. The highest BCUT2D eigenvalue weighted by atomic mass is 32.2. The number of phenolic OH excluding ortho intramolecular Hbond substituents is 1. The Morgan fingerprint density at radius 1 is 1.15 bits per heavy atom. The Hall–Kier alpha value is -3.46. The van der Waals surface area contributed by atoms with E-state index in [0.717, 1.165) is 12.5 Å². The number of benzene rings is 2. The highest BCUT2D eigenvalue weighted by molar-refractivity contribution is 7.90. The molecular weight excluding hydrogens is 457 g/mol. The van der Waals surface area contributed by atoms with Crippen molar-refractivity contribution >= 4 is 21.7 Å². The van der Waals surface area contributed by atoms with Gasteiger partial charge < -0.3 is 10.0 Å². The molecule has 9 heteroatoms. The Balaban J connectivity index is 1.80. The number of halogens is 1. The van der Waals surface area contributed by atoms with Gasteiger partial charge in [0.15, 0.2) is 0 Å². The molecule has 1 aliphatic rings. The van der Waals surface area contributed by atoms with Gasteiger partial charge >= 0.3 is 0 Å². The predicted molar refractivity (Wildman–Crippen MR) is 128 cm³/mol. The van der Waals surface area contributed by atoms with Gasteiger partial charge in [0.1, 0.15) is 17.4 Å². The van der Waals surface area contributed by atoms with Crippen molar-refractivity contribution in [1.82, 2.24) is 9.71 Å². The van der Waals surface area contributed by atoms with Crippen molar-refractivity contribution in [3.63, 3.8) is 0 Å². The predicted octanol–water partition coefficient (Wildman–Crippen LogP) is 4.34. The normalized spacial score (nSPS) is 17.5. The maximum absolute atomic E-state index is 13.9. The lowest BCUT2D eigenvalue weighted by Gasteiger charge is -2.36. The maximum atomic E-state index is 13.9. The van der Waals surface area contributed by atoms with Gasteiger partial charge in [-0.1, -0.05) is 25.1 Å². The Labute approximate surface area is 198 Å². The number of carbonyl (C=O) groups excluding carboxylic acids is 1. The van der Waals surface area contributed by atoms with Gasteiger partial charge in [0, 0.05) is 23.7 Å². The van der Waals surface area contributed by atoms with Gasteiger partial charge in [0.05, 0.1) is 16.2 Å². The van der Waals surface area contributed by atoms with Crippen LogP contribution >= 0.6 is 0 Å². The molecule has 0 bridgehead atoms. The molecule has 2 N–H and O–H groups in total. The Bertz CT molecular complexity index is 1320. The average Bonchev–Trinajstić information content (AvgIpc) is 3.05. The van der Waals surface area contributed by atoms with Gasteiger partial charge in [-0.25, -0.2) is 22.5 Å². The topological polar surface area (TPSA) is 99.6 Å². The highest BCUT2D eigenvalue weighted by Crippen LogP contribution is 2.39. The molecule has 0 radical (unpaired) electrons. The van der Waals surface area contributed by atoms with E-state index in [1.807, 2.05) is 18.7 Å². The summed E-state index contributed by atoms with van der Waals surface area (Å²) in [4.78, 5) is 19.8. The van der Waals surface area contributed by atoms with Crippen LogP contribution in [-0.4, -0.2) is 36.5 Å². The van der Waals surface area contributed by atoms with Crippen LogP contribution < -0.4 is 9.62 Å². The van der Waals surface area contributed by atoms with E-state index in [9.17, 15) is 22.7 Å². The summed E-state index contributed by atoms with van der Waals surface area (Å²) in [5.74, 6) is -1.08. The molecule has 4 rings (SSSR count). The molecule has 1 amide bonds. The third kappa shape index (κ3) is 4.48. The largest absolute Gasteiger partial charge is 0.508 e. The average molecular weight is 484 g/mol. The summed E-state index contributed by atoms with van der Waals surface area (Å²) in [6.07, 6.45) is 0.864. The second kappa shape index (κ2) is 8.72. The number of hydrogen-bond donors (Lipinski definition) is 2. The summed E-state index contributed by atoms with van der Waals surface area (Å²) >= 11 is 0. The fraction of sp³-hybridized carbons (Fsp3) is 0.280. The summed E-state index contributed by atoms with van der Waals surface area (Å²) < 4.78 is 41.6. The van der Waals surface area contributed by atoms with Crippen LogP contribution in [0.15, 0.2) is 65.6 Å². The van der Waals surface area contributed by atoms with Gasteiger partial charge in [-0.15, -0.1) is 0 Å². The summed E-state index contributed by atoms with van der Waals surface area (Å²) in [7, 11) is -4.09. The first-order valence-electron chi connectivity index (χ1n) is 10.9. The van der Waals surface area contributed by atoms with Gasteiger partial charge in [-0.05, 0) is 62.6 Å².